The molecule has 1 saturated heterocycles. The number of hydrogen-bond donors (Lipinski definition) is 1. The van der Waals surface area contributed by atoms with Crippen LogP contribution in [0, 0.1) is 0 Å². The van der Waals surface area contributed by atoms with E-state index in [1.807, 2.05) is 24.5 Å². The number of aromatic nitrogens is 1. The second kappa shape index (κ2) is 6.03. The molecular formula is C14H17ClN2O. The van der Waals surface area contributed by atoms with Crippen molar-refractivity contribution in [1.29, 1.82) is 0 Å². The molecule has 0 amide bonds. The van der Waals surface area contributed by atoms with Crippen molar-refractivity contribution in [2.75, 3.05) is 13.1 Å². The van der Waals surface area contributed by atoms with Gasteiger partial charge < -0.3 is 9.84 Å². The zero-order valence-electron chi connectivity index (χ0n) is 10.1. The Morgan fingerprint density at radius 2 is 1.83 bits per heavy atom. The van der Waals surface area contributed by atoms with Crippen LogP contribution >= 0.6 is 12.4 Å². The Balaban J connectivity index is 0.00000120. The van der Waals surface area contributed by atoms with E-state index >= 15 is 0 Å². The number of nitrogens with zero attached hydrogens (tertiary/aromatic N) is 1. The number of benzene rings is 1. The van der Waals surface area contributed by atoms with Crippen molar-refractivity contribution < 1.29 is 4.52 Å². The predicted molar refractivity (Wildman–Crippen MR) is 74.0 cm³/mol. The van der Waals surface area contributed by atoms with E-state index in [0.717, 1.165) is 24.3 Å². The fourth-order valence-corrected chi connectivity index (χ4v) is 2.48. The molecule has 0 unspecified atom stereocenters. The molecule has 0 spiro atoms. The Labute approximate surface area is 113 Å². The summed E-state index contributed by atoms with van der Waals surface area (Å²) in [6.07, 6.45) is 4.15. The molecule has 0 radical (unpaired) electrons. The van der Waals surface area contributed by atoms with Crippen LogP contribution in [0.25, 0.3) is 11.3 Å². The molecule has 0 atom stereocenters. The molecule has 1 fully saturated rings. The second-order valence-corrected chi connectivity index (χ2v) is 4.51. The lowest BCUT2D eigenvalue weighted by Gasteiger charge is -2.21. The van der Waals surface area contributed by atoms with Gasteiger partial charge in [-0.2, -0.15) is 0 Å². The Bertz CT molecular complexity index is 478. The molecule has 0 bridgehead atoms. The lowest BCUT2D eigenvalue weighted by atomic mass is 9.89. The molecule has 1 N–H and O–H groups in total. The number of halogens is 1. The van der Waals surface area contributed by atoms with Gasteiger partial charge in [-0.1, -0.05) is 35.5 Å². The van der Waals surface area contributed by atoms with Gasteiger partial charge in [0.15, 0.2) is 0 Å². The van der Waals surface area contributed by atoms with Crippen molar-refractivity contribution in [3.05, 3.63) is 42.2 Å². The van der Waals surface area contributed by atoms with Crippen LogP contribution in [0.15, 0.2) is 41.1 Å². The topological polar surface area (TPSA) is 38.1 Å². The summed E-state index contributed by atoms with van der Waals surface area (Å²) in [5.74, 6) is 0.581. The van der Waals surface area contributed by atoms with Crippen LogP contribution in [-0.2, 0) is 0 Å². The maximum Gasteiger partial charge on any atom is 0.127 e. The first-order valence-electron chi connectivity index (χ1n) is 6.15. The summed E-state index contributed by atoms with van der Waals surface area (Å²) in [6, 6.07) is 10.3. The SMILES string of the molecule is Cl.c1ccc(-c2nocc2C2CCNCC2)cc1. The fourth-order valence-electron chi connectivity index (χ4n) is 2.48. The van der Waals surface area contributed by atoms with Crippen molar-refractivity contribution in [2.45, 2.75) is 18.8 Å². The summed E-state index contributed by atoms with van der Waals surface area (Å²) in [6.45, 7) is 2.17. The van der Waals surface area contributed by atoms with Crippen LogP contribution in [-0.4, -0.2) is 18.2 Å². The maximum absolute atomic E-state index is 5.18. The molecule has 0 aliphatic carbocycles. The van der Waals surface area contributed by atoms with Crippen molar-refractivity contribution in [2.24, 2.45) is 0 Å². The van der Waals surface area contributed by atoms with Gasteiger partial charge in [0.05, 0.1) is 0 Å². The molecule has 2 aromatic rings. The van der Waals surface area contributed by atoms with E-state index in [4.69, 9.17) is 4.52 Å². The highest BCUT2D eigenvalue weighted by atomic mass is 35.5. The van der Waals surface area contributed by atoms with Gasteiger partial charge in [0.25, 0.3) is 0 Å². The summed E-state index contributed by atoms with van der Waals surface area (Å²) >= 11 is 0. The average molecular weight is 265 g/mol. The lowest BCUT2D eigenvalue weighted by Crippen LogP contribution is -2.26. The summed E-state index contributed by atoms with van der Waals surface area (Å²) in [7, 11) is 0. The van der Waals surface area contributed by atoms with E-state index in [1.165, 1.54) is 18.4 Å². The molecule has 1 aromatic heterocycles. The molecule has 96 valence electrons. The minimum absolute atomic E-state index is 0. The van der Waals surface area contributed by atoms with E-state index in [9.17, 15) is 0 Å². The van der Waals surface area contributed by atoms with Crippen LogP contribution in [0.1, 0.15) is 24.3 Å². The van der Waals surface area contributed by atoms with Crippen LogP contribution in [0.2, 0.25) is 0 Å². The first-order valence-corrected chi connectivity index (χ1v) is 6.15. The molecule has 18 heavy (non-hydrogen) atoms. The third-order valence-electron chi connectivity index (χ3n) is 3.42. The van der Waals surface area contributed by atoms with Gasteiger partial charge in [0.1, 0.15) is 12.0 Å². The minimum atomic E-state index is 0. The Morgan fingerprint density at radius 3 is 2.56 bits per heavy atom. The summed E-state index contributed by atoms with van der Waals surface area (Å²) < 4.78 is 5.18. The highest BCUT2D eigenvalue weighted by Gasteiger charge is 2.21. The van der Waals surface area contributed by atoms with E-state index in [2.05, 4.69) is 22.6 Å². The van der Waals surface area contributed by atoms with Crippen molar-refractivity contribution in [3.63, 3.8) is 0 Å². The quantitative estimate of drug-likeness (QED) is 0.905. The van der Waals surface area contributed by atoms with E-state index in [1.54, 1.807) is 0 Å². The van der Waals surface area contributed by atoms with Gasteiger partial charge in [0, 0.05) is 11.1 Å². The Hall–Kier alpha value is -1.32. The highest BCUT2D eigenvalue weighted by Crippen LogP contribution is 2.32. The fraction of sp³-hybridized carbons (Fsp3) is 0.357. The maximum atomic E-state index is 5.18. The van der Waals surface area contributed by atoms with Gasteiger partial charge in [-0.25, -0.2) is 0 Å². The normalized spacial score (nSPS) is 16.2. The molecule has 3 rings (SSSR count). The van der Waals surface area contributed by atoms with Crippen LogP contribution in [0.3, 0.4) is 0 Å². The first kappa shape index (κ1) is 13.1. The molecule has 0 saturated carbocycles. The Kier molecular flexibility index (Phi) is 4.39. The molecule has 3 nitrogen and oxygen atoms in total. The second-order valence-electron chi connectivity index (χ2n) is 4.51. The zero-order chi connectivity index (χ0) is 11.5. The van der Waals surface area contributed by atoms with Gasteiger partial charge >= 0.3 is 0 Å². The third-order valence-corrected chi connectivity index (χ3v) is 3.42. The minimum Gasteiger partial charge on any atom is -0.364 e. The van der Waals surface area contributed by atoms with E-state index in [0.29, 0.717) is 5.92 Å². The van der Waals surface area contributed by atoms with Crippen LogP contribution < -0.4 is 5.32 Å². The van der Waals surface area contributed by atoms with E-state index in [-0.39, 0.29) is 12.4 Å². The number of piperidine rings is 1. The zero-order valence-corrected chi connectivity index (χ0v) is 11.0. The van der Waals surface area contributed by atoms with Gasteiger partial charge in [0.2, 0.25) is 0 Å². The molecule has 1 aliphatic rings. The summed E-state index contributed by atoms with van der Waals surface area (Å²) in [5.41, 5.74) is 3.42. The summed E-state index contributed by atoms with van der Waals surface area (Å²) in [5, 5.41) is 7.55. The van der Waals surface area contributed by atoms with Gasteiger partial charge in [-0.05, 0) is 31.8 Å². The van der Waals surface area contributed by atoms with Crippen LogP contribution in [0.5, 0.6) is 0 Å². The largest absolute Gasteiger partial charge is 0.364 e. The third kappa shape index (κ3) is 2.57. The highest BCUT2D eigenvalue weighted by molar-refractivity contribution is 5.85. The standard InChI is InChI=1S/C14H16N2O.ClH/c1-2-4-12(5-3-1)14-13(10-17-16-14)11-6-8-15-9-7-11;/h1-5,10-11,15H,6-9H2;1H. The van der Waals surface area contributed by atoms with Gasteiger partial charge in [-0.15, -0.1) is 12.4 Å². The van der Waals surface area contributed by atoms with Gasteiger partial charge in [-0.3, -0.25) is 0 Å². The molecule has 2 heterocycles. The smallest absolute Gasteiger partial charge is 0.127 e. The Morgan fingerprint density at radius 1 is 1.11 bits per heavy atom. The first-order chi connectivity index (χ1) is 8.45. The number of hydrogen-bond acceptors (Lipinski definition) is 3. The summed E-state index contributed by atoms with van der Waals surface area (Å²) in [4.78, 5) is 0. The number of nitrogens with one attached hydrogen (secondary N) is 1. The van der Waals surface area contributed by atoms with Crippen LogP contribution in [0.4, 0.5) is 0 Å². The predicted octanol–water partition coefficient (Wildman–Crippen LogP) is 3.23. The monoisotopic (exact) mass is 264 g/mol. The number of rotatable bonds is 2. The lowest BCUT2D eigenvalue weighted by molar-refractivity contribution is 0.415. The molecule has 1 aliphatic heterocycles. The van der Waals surface area contributed by atoms with Crippen molar-refractivity contribution >= 4 is 12.4 Å². The van der Waals surface area contributed by atoms with Crippen molar-refractivity contribution in [1.82, 2.24) is 10.5 Å². The average Bonchev–Trinajstić information content (AvgIpc) is 2.90. The molecule has 4 heteroatoms. The van der Waals surface area contributed by atoms with E-state index < -0.39 is 0 Å². The molecule has 1 aromatic carbocycles. The molecular weight excluding hydrogens is 248 g/mol. The van der Waals surface area contributed by atoms with Crippen molar-refractivity contribution in [3.8, 4) is 11.3 Å².